The quantitative estimate of drug-likeness (QED) is 0.790. The predicted octanol–water partition coefficient (Wildman–Crippen LogP) is 3.10. The molecule has 2 saturated heterocycles. The van der Waals surface area contributed by atoms with Gasteiger partial charge in [0.15, 0.2) is 0 Å². The lowest BCUT2D eigenvalue weighted by molar-refractivity contribution is -0.135. The van der Waals surface area contributed by atoms with Crippen LogP contribution in [0.5, 0.6) is 0 Å². The number of fused-ring (bicyclic) bond motifs is 1. The smallest absolute Gasteiger partial charge is 0.323 e. The molecule has 2 aliphatic carbocycles. The molecule has 4 fully saturated rings. The van der Waals surface area contributed by atoms with Crippen molar-refractivity contribution in [3.63, 3.8) is 0 Å². The van der Waals surface area contributed by atoms with Gasteiger partial charge in [0.05, 0.1) is 6.67 Å². The summed E-state index contributed by atoms with van der Waals surface area (Å²) >= 11 is 0. The van der Waals surface area contributed by atoms with Crippen LogP contribution in [-0.4, -0.2) is 46.5 Å². The third-order valence-corrected chi connectivity index (χ3v) is 7.06. The van der Waals surface area contributed by atoms with Crippen LogP contribution in [0, 0.1) is 11.8 Å². The van der Waals surface area contributed by atoms with Gasteiger partial charge in [-0.25, -0.2) is 9.69 Å². The van der Waals surface area contributed by atoms with E-state index in [4.69, 9.17) is 0 Å². The molecule has 4 aliphatic rings. The van der Waals surface area contributed by atoms with Crippen LogP contribution in [0.2, 0.25) is 0 Å². The van der Waals surface area contributed by atoms with Crippen LogP contribution < -0.4 is 5.32 Å². The van der Waals surface area contributed by atoms with Crippen molar-refractivity contribution in [3.8, 4) is 0 Å². The van der Waals surface area contributed by atoms with E-state index in [2.05, 4.69) is 17.1 Å². The van der Waals surface area contributed by atoms with Gasteiger partial charge < -0.3 is 5.32 Å². The molecular weight excluding hydrogens is 302 g/mol. The average molecular weight is 333 g/mol. The van der Waals surface area contributed by atoms with Gasteiger partial charge in [-0.2, -0.15) is 0 Å². The summed E-state index contributed by atoms with van der Waals surface area (Å²) in [5, 5.41) is 3.06. The molecule has 24 heavy (non-hydrogen) atoms. The summed E-state index contributed by atoms with van der Waals surface area (Å²) in [6.45, 7) is 3.77. The Labute approximate surface area is 145 Å². The first-order valence-corrected chi connectivity index (χ1v) is 9.97. The number of nitrogens with zero attached hydrogens (tertiary/aromatic N) is 2. The lowest BCUT2D eigenvalue weighted by Crippen LogP contribution is -2.53. The first-order valence-electron chi connectivity index (χ1n) is 9.97. The number of hydrogen-bond donors (Lipinski definition) is 1. The van der Waals surface area contributed by atoms with Crippen LogP contribution >= 0.6 is 0 Å². The van der Waals surface area contributed by atoms with Crippen LogP contribution in [0.4, 0.5) is 4.79 Å². The van der Waals surface area contributed by atoms with Gasteiger partial charge in [0, 0.05) is 12.6 Å². The van der Waals surface area contributed by atoms with Crippen molar-refractivity contribution in [2.45, 2.75) is 82.7 Å². The number of carbonyl (C=O) groups excluding carboxylic acids is 2. The zero-order valence-corrected chi connectivity index (χ0v) is 14.9. The number of nitrogens with one attached hydrogen (secondary N) is 1. The summed E-state index contributed by atoms with van der Waals surface area (Å²) in [5.74, 6) is 1.48. The van der Waals surface area contributed by atoms with Crippen molar-refractivity contribution in [2.75, 3.05) is 13.2 Å². The maximum Gasteiger partial charge on any atom is 0.326 e. The molecule has 2 heterocycles. The Morgan fingerprint density at radius 1 is 1.04 bits per heavy atom. The highest BCUT2D eigenvalue weighted by Gasteiger charge is 2.52. The number of amides is 3. The number of urea groups is 1. The number of rotatable bonds is 2. The standard InChI is InChI=1S/C19H31N3O2/c1-14-8-10-19(11-9-14)17(23)22(18(24)20-19)13-21-12-4-6-15-5-2-3-7-16(15)21/h14-16H,2-13H2,1H3,(H,20,24)/t14?,15-,16+,19?/m1/s1. The highest BCUT2D eigenvalue weighted by Crippen LogP contribution is 2.38. The molecule has 0 unspecified atom stereocenters. The molecule has 0 radical (unpaired) electrons. The van der Waals surface area contributed by atoms with Crippen molar-refractivity contribution < 1.29 is 9.59 Å². The highest BCUT2D eigenvalue weighted by molar-refractivity contribution is 6.07. The predicted molar refractivity (Wildman–Crippen MR) is 92.3 cm³/mol. The average Bonchev–Trinajstić information content (AvgIpc) is 2.82. The Bertz CT molecular complexity index is 511. The zero-order chi connectivity index (χ0) is 16.7. The Morgan fingerprint density at radius 2 is 1.75 bits per heavy atom. The Hall–Kier alpha value is -1.10. The third-order valence-electron chi connectivity index (χ3n) is 7.06. The second-order valence-electron chi connectivity index (χ2n) is 8.64. The van der Waals surface area contributed by atoms with Gasteiger partial charge >= 0.3 is 6.03 Å². The summed E-state index contributed by atoms with van der Waals surface area (Å²) in [5.41, 5.74) is -0.592. The number of imide groups is 1. The molecule has 5 nitrogen and oxygen atoms in total. The molecule has 0 bridgehead atoms. The minimum atomic E-state index is -0.592. The van der Waals surface area contributed by atoms with E-state index in [-0.39, 0.29) is 11.9 Å². The molecule has 4 rings (SSSR count). The Morgan fingerprint density at radius 3 is 2.54 bits per heavy atom. The fourth-order valence-electron chi connectivity index (χ4n) is 5.48. The van der Waals surface area contributed by atoms with E-state index in [1.807, 2.05) is 0 Å². The molecule has 2 aliphatic heterocycles. The number of carbonyl (C=O) groups is 2. The van der Waals surface area contributed by atoms with E-state index in [0.717, 1.165) is 38.1 Å². The van der Waals surface area contributed by atoms with Gasteiger partial charge in [0.25, 0.3) is 5.91 Å². The molecule has 0 aromatic rings. The van der Waals surface area contributed by atoms with Crippen molar-refractivity contribution in [2.24, 2.45) is 11.8 Å². The maximum atomic E-state index is 13.0. The van der Waals surface area contributed by atoms with Crippen LogP contribution in [-0.2, 0) is 4.79 Å². The Balaban J connectivity index is 1.46. The fraction of sp³-hybridized carbons (Fsp3) is 0.895. The van der Waals surface area contributed by atoms with Gasteiger partial charge in [-0.05, 0) is 63.2 Å². The molecule has 3 amide bonds. The molecular formula is C19H31N3O2. The topological polar surface area (TPSA) is 52.7 Å². The van der Waals surface area contributed by atoms with E-state index < -0.39 is 5.54 Å². The van der Waals surface area contributed by atoms with Gasteiger partial charge in [-0.3, -0.25) is 9.69 Å². The van der Waals surface area contributed by atoms with Crippen molar-refractivity contribution in [3.05, 3.63) is 0 Å². The van der Waals surface area contributed by atoms with E-state index in [1.165, 1.54) is 43.4 Å². The fourth-order valence-corrected chi connectivity index (χ4v) is 5.48. The van der Waals surface area contributed by atoms with E-state index in [1.54, 1.807) is 0 Å². The van der Waals surface area contributed by atoms with Crippen molar-refractivity contribution >= 4 is 11.9 Å². The summed E-state index contributed by atoms with van der Waals surface area (Å²) in [6.07, 6.45) is 11.4. The SMILES string of the molecule is CC1CCC2(CC1)NC(=O)N(CN1CCC[C@H]3CCCC[C@@H]31)C2=O. The normalized spacial score (nSPS) is 40.7. The zero-order valence-electron chi connectivity index (χ0n) is 14.9. The Kier molecular flexibility index (Phi) is 4.31. The number of hydrogen-bond acceptors (Lipinski definition) is 3. The third kappa shape index (κ3) is 2.75. The van der Waals surface area contributed by atoms with Crippen LogP contribution in [0.25, 0.3) is 0 Å². The van der Waals surface area contributed by atoms with Gasteiger partial charge in [0.2, 0.25) is 0 Å². The first-order chi connectivity index (χ1) is 11.6. The number of piperidine rings is 1. The summed E-state index contributed by atoms with van der Waals surface area (Å²) in [7, 11) is 0. The molecule has 2 atom stereocenters. The minimum Gasteiger partial charge on any atom is -0.323 e. The van der Waals surface area contributed by atoms with Crippen molar-refractivity contribution in [1.29, 1.82) is 0 Å². The largest absolute Gasteiger partial charge is 0.326 e. The van der Waals surface area contributed by atoms with E-state index >= 15 is 0 Å². The van der Waals surface area contributed by atoms with E-state index in [9.17, 15) is 9.59 Å². The van der Waals surface area contributed by atoms with Crippen LogP contribution in [0.1, 0.15) is 71.1 Å². The number of likely N-dealkylation sites (tertiary alicyclic amines) is 1. The second-order valence-corrected chi connectivity index (χ2v) is 8.64. The molecule has 5 heteroatoms. The van der Waals surface area contributed by atoms with E-state index in [0.29, 0.717) is 18.6 Å². The summed E-state index contributed by atoms with van der Waals surface area (Å²) < 4.78 is 0. The van der Waals surface area contributed by atoms with Gasteiger partial charge in [-0.1, -0.05) is 19.8 Å². The molecule has 0 aromatic heterocycles. The molecule has 1 spiro atoms. The highest BCUT2D eigenvalue weighted by atomic mass is 16.2. The molecule has 2 saturated carbocycles. The van der Waals surface area contributed by atoms with Gasteiger partial charge in [0.1, 0.15) is 5.54 Å². The molecule has 0 aromatic carbocycles. The minimum absolute atomic E-state index is 0.0392. The van der Waals surface area contributed by atoms with Crippen LogP contribution in [0.15, 0.2) is 0 Å². The second kappa shape index (κ2) is 6.32. The molecule has 1 N–H and O–H groups in total. The van der Waals surface area contributed by atoms with Crippen molar-refractivity contribution in [1.82, 2.24) is 15.1 Å². The summed E-state index contributed by atoms with van der Waals surface area (Å²) in [6, 6.07) is 0.420. The monoisotopic (exact) mass is 333 g/mol. The van der Waals surface area contributed by atoms with Crippen LogP contribution in [0.3, 0.4) is 0 Å². The lowest BCUT2D eigenvalue weighted by atomic mass is 9.77. The first kappa shape index (κ1) is 16.4. The lowest BCUT2D eigenvalue weighted by Gasteiger charge is -2.45. The molecule has 134 valence electrons. The summed E-state index contributed by atoms with van der Waals surface area (Å²) in [4.78, 5) is 29.5. The van der Waals surface area contributed by atoms with Gasteiger partial charge in [-0.15, -0.1) is 0 Å². The maximum absolute atomic E-state index is 13.0.